The van der Waals surface area contributed by atoms with Gasteiger partial charge >= 0.3 is 0 Å². The van der Waals surface area contributed by atoms with Crippen LogP contribution in [0.3, 0.4) is 0 Å². The Labute approximate surface area is 151 Å². The number of anilines is 1. The van der Waals surface area contributed by atoms with E-state index in [1.54, 1.807) is 26.0 Å². The number of para-hydroxylation sites is 1. The van der Waals surface area contributed by atoms with Crippen molar-refractivity contribution in [1.82, 2.24) is 4.90 Å². The number of nitrogens with one attached hydrogen (secondary N) is 1. The number of methoxy groups -OCH3 is 1. The van der Waals surface area contributed by atoms with Crippen LogP contribution in [0.25, 0.3) is 0 Å². The number of rotatable bonds is 4. The molecule has 0 aromatic heterocycles. The van der Waals surface area contributed by atoms with E-state index in [1.807, 2.05) is 48.5 Å². The number of carbonyl (C=O) groups excluding carboxylic acids is 2. The van der Waals surface area contributed by atoms with Crippen molar-refractivity contribution in [2.45, 2.75) is 23.1 Å². The molecule has 1 atom stereocenters. The maximum Gasteiger partial charge on any atom is 0.250 e. The third kappa shape index (κ3) is 3.35. The summed E-state index contributed by atoms with van der Waals surface area (Å²) in [4.78, 5) is 28.0. The van der Waals surface area contributed by atoms with Gasteiger partial charge in [-0.25, -0.2) is 0 Å². The van der Waals surface area contributed by atoms with E-state index in [0.29, 0.717) is 6.54 Å². The minimum absolute atomic E-state index is 0.222. The van der Waals surface area contributed by atoms with Crippen molar-refractivity contribution in [2.75, 3.05) is 19.5 Å². The quantitative estimate of drug-likeness (QED) is 0.855. The van der Waals surface area contributed by atoms with E-state index in [0.717, 1.165) is 21.9 Å². The van der Waals surface area contributed by atoms with Crippen LogP contribution in [0, 0.1) is 0 Å². The molecule has 3 rings (SSSR count). The highest BCUT2D eigenvalue weighted by Gasteiger charge is 2.47. The van der Waals surface area contributed by atoms with Crippen molar-refractivity contribution in [3.05, 3.63) is 54.1 Å². The third-order valence-corrected chi connectivity index (χ3v) is 5.56. The van der Waals surface area contributed by atoms with Gasteiger partial charge in [0.1, 0.15) is 5.75 Å². The fourth-order valence-electron chi connectivity index (χ4n) is 2.75. The summed E-state index contributed by atoms with van der Waals surface area (Å²) in [5.41, 5.74) is 1.72. The number of hydrogen-bond acceptors (Lipinski definition) is 4. The number of fused-ring (bicyclic) bond motifs is 1. The molecule has 1 aliphatic rings. The molecule has 130 valence electrons. The molecule has 0 spiro atoms. The number of thioether (sulfide) groups is 1. The molecule has 1 unspecified atom stereocenters. The molecule has 0 fully saturated rings. The highest BCUT2D eigenvalue weighted by Crippen LogP contribution is 2.43. The summed E-state index contributed by atoms with van der Waals surface area (Å²) in [6, 6.07) is 15.0. The first-order valence-electron chi connectivity index (χ1n) is 7.92. The number of benzene rings is 2. The summed E-state index contributed by atoms with van der Waals surface area (Å²) in [7, 11) is 3.33. The lowest BCUT2D eigenvalue weighted by atomic mass is 10.1. The van der Waals surface area contributed by atoms with Crippen LogP contribution in [-0.2, 0) is 16.1 Å². The third-order valence-electron chi connectivity index (χ3n) is 4.22. The molecule has 6 heteroatoms. The van der Waals surface area contributed by atoms with E-state index in [4.69, 9.17) is 4.74 Å². The number of nitrogens with zero attached hydrogens (tertiary/aromatic N) is 1. The Bertz CT molecular complexity index is 807. The average Bonchev–Trinajstić information content (AvgIpc) is 2.62. The highest BCUT2D eigenvalue weighted by molar-refractivity contribution is 8.02. The van der Waals surface area contributed by atoms with Crippen LogP contribution in [0.2, 0.25) is 0 Å². The molecule has 1 N–H and O–H groups in total. The zero-order valence-electron chi connectivity index (χ0n) is 14.4. The lowest BCUT2D eigenvalue weighted by Gasteiger charge is -2.34. The van der Waals surface area contributed by atoms with Gasteiger partial charge in [0.15, 0.2) is 4.75 Å². The van der Waals surface area contributed by atoms with Crippen molar-refractivity contribution < 1.29 is 14.3 Å². The molecule has 0 bridgehead atoms. The first kappa shape index (κ1) is 17.4. The fraction of sp³-hybridized carbons (Fsp3) is 0.263. The Balaban J connectivity index is 1.77. The summed E-state index contributed by atoms with van der Waals surface area (Å²) in [6.45, 7) is 2.10. The van der Waals surface area contributed by atoms with Crippen molar-refractivity contribution in [1.29, 1.82) is 0 Å². The standard InChI is InChI=1S/C19H20N2O3S/c1-19(17(22)20-15-6-4-5-7-16(15)25-19)18(23)21(2)12-13-8-10-14(24-3)11-9-13/h4-11H,12H2,1-3H3,(H,20,22). The molecular formula is C19H20N2O3S. The van der Waals surface area contributed by atoms with Gasteiger partial charge in [-0.3, -0.25) is 9.59 Å². The Morgan fingerprint density at radius 3 is 2.56 bits per heavy atom. The summed E-state index contributed by atoms with van der Waals surface area (Å²) in [6.07, 6.45) is 0. The minimum atomic E-state index is -1.18. The molecule has 0 saturated carbocycles. The van der Waals surface area contributed by atoms with Gasteiger partial charge in [-0.1, -0.05) is 36.0 Å². The van der Waals surface area contributed by atoms with Crippen molar-refractivity contribution in [3.63, 3.8) is 0 Å². The first-order chi connectivity index (χ1) is 11.9. The van der Waals surface area contributed by atoms with Crippen molar-refractivity contribution in [3.8, 4) is 5.75 Å². The Hall–Kier alpha value is -2.47. The molecule has 2 aromatic rings. The molecule has 0 aliphatic carbocycles. The minimum Gasteiger partial charge on any atom is -0.497 e. The fourth-order valence-corrected chi connectivity index (χ4v) is 3.95. The monoisotopic (exact) mass is 356 g/mol. The molecule has 1 aliphatic heterocycles. The molecule has 2 amide bonds. The number of ether oxygens (including phenoxy) is 1. The molecule has 25 heavy (non-hydrogen) atoms. The van der Waals surface area contributed by atoms with Crippen LogP contribution < -0.4 is 10.1 Å². The van der Waals surface area contributed by atoms with Gasteiger partial charge in [0.25, 0.3) is 0 Å². The second-order valence-corrected chi connectivity index (χ2v) is 7.56. The number of hydrogen-bond donors (Lipinski definition) is 1. The highest BCUT2D eigenvalue weighted by atomic mass is 32.2. The predicted octanol–water partition coefficient (Wildman–Crippen LogP) is 3.16. The topological polar surface area (TPSA) is 58.6 Å². The maximum atomic E-state index is 13.0. The molecular weight excluding hydrogens is 336 g/mol. The van der Waals surface area contributed by atoms with Crippen molar-refractivity contribution in [2.24, 2.45) is 0 Å². The summed E-state index contributed by atoms with van der Waals surface area (Å²) < 4.78 is 3.96. The molecule has 0 saturated heterocycles. The van der Waals surface area contributed by atoms with Crippen LogP contribution in [0.1, 0.15) is 12.5 Å². The zero-order valence-corrected chi connectivity index (χ0v) is 15.2. The largest absolute Gasteiger partial charge is 0.497 e. The van der Waals surface area contributed by atoms with Gasteiger partial charge in [0.05, 0.1) is 12.8 Å². The van der Waals surface area contributed by atoms with Gasteiger partial charge < -0.3 is 15.0 Å². The zero-order chi connectivity index (χ0) is 18.0. The van der Waals surface area contributed by atoms with Gasteiger partial charge in [-0.05, 0) is 36.8 Å². The van der Waals surface area contributed by atoms with E-state index < -0.39 is 4.75 Å². The Kier molecular flexibility index (Phi) is 4.72. The Morgan fingerprint density at radius 2 is 1.88 bits per heavy atom. The summed E-state index contributed by atoms with van der Waals surface area (Å²) >= 11 is 1.30. The maximum absolute atomic E-state index is 13.0. The van der Waals surface area contributed by atoms with E-state index >= 15 is 0 Å². The number of amides is 2. The SMILES string of the molecule is COc1ccc(CN(C)C(=O)C2(C)Sc3ccccc3NC2=O)cc1. The van der Waals surface area contributed by atoms with E-state index in [2.05, 4.69) is 5.32 Å². The molecule has 1 heterocycles. The normalized spacial score (nSPS) is 18.9. The van der Waals surface area contributed by atoms with Crippen molar-refractivity contribution >= 4 is 29.3 Å². The van der Waals surface area contributed by atoms with E-state index in [-0.39, 0.29) is 11.8 Å². The van der Waals surface area contributed by atoms with Crippen LogP contribution in [0.15, 0.2) is 53.4 Å². The first-order valence-corrected chi connectivity index (χ1v) is 8.73. The number of carbonyl (C=O) groups is 2. The average molecular weight is 356 g/mol. The van der Waals surface area contributed by atoms with Gasteiger partial charge in [0, 0.05) is 18.5 Å². The van der Waals surface area contributed by atoms with E-state index in [1.165, 1.54) is 11.8 Å². The van der Waals surface area contributed by atoms with E-state index in [9.17, 15) is 9.59 Å². The van der Waals surface area contributed by atoms with Gasteiger partial charge in [-0.2, -0.15) is 0 Å². The Morgan fingerprint density at radius 1 is 1.20 bits per heavy atom. The second-order valence-electron chi connectivity index (χ2n) is 6.09. The predicted molar refractivity (Wildman–Crippen MR) is 98.8 cm³/mol. The lowest BCUT2D eigenvalue weighted by molar-refractivity contribution is -0.137. The molecule has 2 aromatic carbocycles. The molecule has 5 nitrogen and oxygen atoms in total. The molecule has 0 radical (unpaired) electrons. The lowest BCUT2D eigenvalue weighted by Crippen LogP contribution is -2.52. The van der Waals surface area contributed by atoms with Crippen LogP contribution in [0.5, 0.6) is 5.75 Å². The van der Waals surface area contributed by atoms with Crippen LogP contribution >= 0.6 is 11.8 Å². The summed E-state index contributed by atoms with van der Waals surface area (Å²) in [5, 5.41) is 2.84. The van der Waals surface area contributed by atoms with Crippen LogP contribution in [0.4, 0.5) is 5.69 Å². The summed E-state index contributed by atoms with van der Waals surface area (Å²) in [5.74, 6) is 0.256. The second kappa shape index (κ2) is 6.80. The van der Waals surface area contributed by atoms with Crippen LogP contribution in [-0.4, -0.2) is 35.6 Å². The smallest absolute Gasteiger partial charge is 0.250 e. The van der Waals surface area contributed by atoms with Gasteiger partial charge in [0.2, 0.25) is 11.8 Å². The van der Waals surface area contributed by atoms with Gasteiger partial charge in [-0.15, -0.1) is 0 Å².